The first-order chi connectivity index (χ1) is 7.07. The molecule has 0 fully saturated rings. The fourth-order valence-electron chi connectivity index (χ4n) is 1.26. The van der Waals surface area contributed by atoms with Crippen LogP contribution in [0.15, 0.2) is 18.2 Å². The van der Waals surface area contributed by atoms with Gasteiger partial charge < -0.3 is 10.2 Å². The van der Waals surface area contributed by atoms with Crippen molar-refractivity contribution in [2.45, 2.75) is 18.6 Å². The molecule has 1 aromatic rings. The highest BCUT2D eigenvalue weighted by Crippen LogP contribution is 2.28. The van der Waals surface area contributed by atoms with E-state index in [1.807, 2.05) is 0 Å². The number of rotatable bonds is 4. The Morgan fingerprint density at radius 2 is 2.07 bits per heavy atom. The number of benzene rings is 1. The smallest absolute Gasteiger partial charge is 0.130 e. The highest BCUT2D eigenvalue weighted by atomic mass is 79.9. The molecule has 2 unspecified atom stereocenters. The first-order valence-corrected chi connectivity index (χ1v) is 5.94. The molecule has 0 radical (unpaired) electrons. The third kappa shape index (κ3) is 3.14. The standard InChI is InChI=1S/C10H11BrClFO2/c11-5-4-8(14)10(15)9-6(12)2-1-3-7(9)13/h1-3,8,10,14-15H,4-5H2. The van der Waals surface area contributed by atoms with Crippen LogP contribution >= 0.6 is 27.5 Å². The molecule has 0 aliphatic rings. The van der Waals surface area contributed by atoms with E-state index in [1.165, 1.54) is 18.2 Å². The maximum Gasteiger partial charge on any atom is 0.130 e. The maximum atomic E-state index is 13.3. The lowest BCUT2D eigenvalue weighted by Gasteiger charge is -2.18. The lowest BCUT2D eigenvalue weighted by Crippen LogP contribution is -2.20. The van der Waals surface area contributed by atoms with Crippen LogP contribution < -0.4 is 0 Å². The number of hydrogen-bond donors (Lipinski definition) is 2. The average Bonchev–Trinajstić information content (AvgIpc) is 2.17. The van der Waals surface area contributed by atoms with Gasteiger partial charge in [0.15, 0.2) is 0 Å². The van der Waals surface area contributed by atoms with Crippen LogP contribution in [0.5, 0.6) is 0 Å². The second kappa shape index (κ2) is 5.80. The van der Waals surface area contributed by atoms with Gasteiger partial charge in [-0.2, -0.15) is 0 Å². The summed E-state index contributed by atoms with van der Waals surface area (Å²) in [5, 5.41) is 19.8. The van der Waals surface area contributed by atoms with E-state index in [0.717, 1.165) is 0 Å². The first-order valence-electron chi connectivity index (χ1n) is 4.44. The van der Waals surface area contributed by atoms with E-state index in [4.69, 9.17) is 11.6 Å². The van der Waals surface area contributed by atoms with Gasteiger partial charge in [0.25, 0.3) is 0 Å². The lowest BCUT2D eigenvalue weighted by molar-refractivity contribution is 0.0153. The molecule has 84 valence electrons. The van der Waals surface area contributed by atoms with Crippen LogP contribution in [-0.4, -0.2) is 21.6 Å². The van der Waals surface area contributed by atoms with E-state index in [0.29, 0.717) is 11.8 Å². The molecule has 0 aliphatic carbocycles. The Morgan fingerprint density at radius 1 is 1.40 bits per heavy atom. The van der Waals surface area contributed by atoms with Crippen molar-refractivity contribution >= 4 is 27.5 Å². The van der Waals surface area contributed by atoms with E-state index in [1.54, 1.807) is 0 Å². The number of alkyl halides is 1. The summed E-state index contributed by atoms with van der Waals surface area (Å²) in [4.78, 5) is 0. The molecule has 0 heterocycles. The van der Waals surface area contributed by atoms with Crippen molar-refractivity contribution in [3.63, 3.8) is 0 Å². The molecule has 2 N–H and O–H groups in total. The first kappa shape index (κ1) is 12.9. The summed E-state index contributed by atoms with van der Waals surface area (Å²) in [5.41, 5.74) is -0.0485. The molecule has 2 nitrogen and oxygen atoms in total. The molecule has 0 spiro atoms. The summed E-state index contributed by atoms with van der Waals surface area (Å²) in [7, 11) is 0. The van der Waals surface area contributed by atoms with Gasteiger partial charge in [-0.3, -0.25) is 0 Å². The molecule has 2 atom stereocenters. The van der Waals surface area contributed by atoms with Crippen molar-refractivity contribution in [2.75, 3.05) is 5.33 Å². The molecule has 0 amide bonds. The van der Waals surface area contributed by atoms with Crippen LogP contribution in [0.4, 0.5) is 4.39 Å². The van der Waals surface area contributed by atoms with Crippen LogP contribution in [-0.2, 0) is 0 Å². The Labute approximate surface area is 101 Å². The van der Waals surface area contributed by atoms with Crippen LogP contribution in [0.2, 0.25) is 5.02 Å². The molecule has 1 rings (SSSR count). The molecule has 0 saturated heterocycles. The summed E-state index contributed by atoms with van der Waals surface area (Å²) in [6.45, 7) is 0. The lowest BCUT2D eigenvalue weighted by atomic mass is 10.0. The van der Waals surface area contributed by atoms with Gasteiger partial charge in [0, 0.05) is 15.9 Å². The van der Waals surface area contributed by atoms with Gasteiger partial charge in [-0.05, 0) is 18.6 Å². The van der Waals surface area contributed by atoms with Crippen molar-refractivity contribution < 1.29 is 14.6 Å². The SMILES string of the molecule is OC(CCBr)C(O)c1c(F)cccc1Cl. The van der Waals surface area contributed by atoms with Gasteiger partial charge in [0.1, 0.15) is 11.9 Å². The Kier molecular flexibility index (Phi) is 4.99. The highest BCUT2D eigenvalue weighted by Gasteiger charge is 2.23. The summed E-state index contributed by atoms with van der Waals surface area (Å²) in [6, 6.07) is 4.13. The van der Waals surface area contributed by atoms with Crippen molar-refractivity contribution in [1.82, 2.24) is 0 Å². The molecular formula is C10H11BrClFO2. The van der Waals surface area contributed by atoms with Gasteiger partial charge in [0.05, 0.1) is 6.10 Å². The van der Waals surface area contributed by atoms with Crippen LogP contribution in [0, 0.1) is 5.82 Å². The van der Waals surface area contributed by atoms with Crippen molar-refractivity contribution in [1.29, 1.82) is 0 Å². The van der Waals surface area contributed by atoms with E-state index in [-0.39, 0.29) is 10.6 Å². The zero-order valence-electron chi connectivity index (χ0n) is 7.83. The van der Waals surface area contributed by atoms with E-state index in [2.05, 4.69) is 15.9 Å². The summed E-state index contributed by atoms with van der Waals surface area (Å²) in [6.07, 6.45) is -2.00. The maximum absolute atomic E-state index is 13.3. The van der Waals surface area contributed by atoms with Crippen molar-refractivity contribution in [3.05, 3.63) is 34.6 Å². The molecule has 5 heteroatoms. The van der Waals surface area contributed by atoms with Crippen LogP contribution in [0.1, 0.15) is 18.1 Å². The summed E-state index contributed by atoms with van der Waals surface area (Å²) < 4.78 is 13.3. The van der Waals surface area contributed by atoms with E-state index in [9.17, 15) is 14.6 Å². The summed E-state index contributed by atoms with van der Waals surface area (Å²) in [5.74, 6) is -0.608. The number of halogens is 3. The van der Waals surface area contributed by atoms with E-state index >= 15 is 0 Å². The minimum atomic E-state index is -1.30. The minimum Gasteiger partial charge on any atom is -0.390 e. The third-order valence-electron chi connectivity index (χ3n) is 2.06. The minimum absolute atomic E-state index is 0.0485. The Bertz CT molecular complexity index is 315. The van der Waals surface area contributed by atoms with Gasteiger partial charge in [-0.1, -0.05) is 33.6 Å². The zero-order valence-corrected chi connectivity index (χ0v) is 10.2. The Balaban J connectivity index is 2.94. The average molecular weight is 298 g/mol. The highest BCUT2D eigenvalue weighted by molar-refractivity contribution is 9.09. The quantitative estimate of drug-likeness (QED) is 0.839. The van der Waals surface area contributed by atoms with Crippen molar-refractivity contribution in [2.24, 2.45) is 0 Å². The van der Waals surface area contributed by atoms with Gasteiger partial charge >= 0.3 is 0 Å². The van der Waals surface area contributed by atoms with Crippen LogP contribution in [0.3, 0.4) is 0 Å². The summed E-state index contributed by atoms with van der Waals surface area (Å²) >= 11 is 8.88. The third-order valence-corrected chi connectivity index (χ3v) is 2.85. The molecule has 0 aromatic heterocycles. The molecule has 0 aliphatic heterocycles. The topological polar surface area (TPSA) is 40.5 Å². The number of aliphatic hydroxyl groups excluding tert-OH is 2. The van der Waals surface area contributed by atoms with Crippen molar-refractivity contribution in [3.8, 4) is 0 Å². The molecular weight excluding hydrogens is 286 g/mol. The predicted molar refractivity (Wildman–Crippen MR) is 60.8 cm³/mol. The van der Waals surface area contributed by atoms with Gasteiger partial charge in [0.2, 0.25) is 0 Å². The normalized spacial score (nSPS) is 15.0. The number of aliphatic hydroxyl groups is 2. The van der Waals surface area contributed by atoms with E-state index < -0.39 is 18.0 Å². The number of hydrogen-bond acceptors (Lipinski definition) is 2. The van der Waals surface area contributed by atoms with Crippen LogP contribution in [0.25, 0.3) is 0 Å². The Morgan fingerprint density at radius 3 is 2.60 bits per heavy atom. The fraction of sp³-hybridized carbons (Fsp3) is 0.400. The molecule has 0 saturated carbocycles. The zero-order chi connectivity index (χ0) is 11.4. The second-order valence-corrected chi connectivity index (χ2v) is 4.33. The monoisotopic (exact) mass is 296 g/mol. The van der Waals surface area contributed by atoms with Gasteiger partial charge in [-0.15, -0.1) is 0 Å². The largest absolute Gasteiger partial charge is 0.390 e. The second-order valence-electron chi connectivity index (χ2n) is 3.13. The fourth-order valence-corrected chi connectivity index (χ4v) is 2.00. The molecule has 0 bridgehead atoms. The molecule has 15 heavy (non-hydrogen) atoms. The van der Waals surface area contributed by atoms with Gasteiger partial charge in [-0.25, -0.2) is 4.39 Å². The predicted octanol–water partition coefficient (Wildman–Crippen LogP) is 2.66. The Hall–Kier alpha value is -0.160. The molecule has 1 aromatic carbocycles.